The summed E-state index contributed by atoms with van der Waals surface area (Å²) >= 11 is 1.66. The summed E-state index contributed by atoms with van der Waals surface area (Å²) in [5.74, 6) is 1.54. The third-order valence-electron chi connectivity index (χ3n) is 5.26. The Bertz CT molecular complexity index is 792. The molecule has 0 spiro atoms. The fraction of sp³-hybridized carbons (Fsp3) is 0.591. The van der Waals surface area contributed by atoms with E-state index in [9.17, 15) is 10.2 Å². The van der Waals surface area contributed by atoms with E-state index in [1.54, 1.807) is 18.4 Å². The molecule has 2 heterocycles. The van der Waals surface area contributed by atoms with E-state index >= 15 is 0 Å². The molecule has 1 fully saturated rings. The monoisotopic (exact) mass is 435 g/mol. The molecule has 7 nitrogen and oxygen atoms in total. The summed E-state index contributed by atoms with van der Waals surface area (Å²) in [5, 5.41) is 23.2. The highest BCUT2D eigenvalue weighted by Crippen LogP contribution is 2.26. The molecule has 166 valence electrons. The molecule has 0 saturated carbocycles. The van der Waals surface area contributed by atoms with Crippen LogP contribution in [0.3, 0.4) is 0 Å². The zero-order valence-electron chi connectivity index (χ0n) is 18.1. The largest absolute Gasteiger partial charge is 0.497 e. The minimum atomic E-state index is -0.578. The number of aromatic nitrogens is 1. The van der Waals surface area contributed by atoms with Gasteiger partial charge >= 0.3 is 0 Å². The maximum Gasteiger partial charge on any atom is 0.124 e. The molecule has 1 aromatic carbocycles. The number of thiazole rings is 1. The number of aliphatic hydroxyl groups excluding tert-OH is 2. The number of hydrogen-bond donors (Lipinski definition) is 2. The second-order valence-electron chi connectivity index (χ2n) is 8.00. The predicted molar refractivity (Wildman–Crippen MR) is 118 cm³/mol. The van der Waals surface area contributed by atoms with Gasteiger partial charge in [0.2, 0.25) is 0 Å². The highest BCUT2D eigenvalue weighted by atomic mass is 32.1. The number of ether oxygens (including phenoxy) is 2. The first-order valence-electron chi connectivity index (χ1n) is 10.4. The van der Waals surface area contributed by atoms with Gasteiger partial charge in [0.05, 0.1) is 23.9 Å². The average molecular weight is 436 g/mol. The van der Waals surface area contributed by atoms with Crippen LogP contribution in [0.2, 0.25) is 0 Å². The van der Waals surface area contributed by atoms with Gasteiger partial charge in [0.25, 0.3) is 0 Å². The lowest BCUT2D eigenvalue weighted by Gasteiger charge is -2.31. The zero-order valence-corrected chi connectivity index (χ0v) is 18.9. The normalized spacial score (nSPS) is 16.7. The predicted octanol–water partition coefficient (Wildman–Crippen LogP) is 2.29. The molecule has 0 unspecified atom stereocenters. The van der Waals surface area contributed by atoms with Crippen LogP contribution < -0.4 is 9.47 Å². The van der Waals surface area contributed by atoms with Crippen LogP contribution in [0.1, 0.15) is 29.1 Å². The third-order valence-corrected chi connectivity index (χ3v) is 6.09. The zero-order chi connectivity index (χ0) is 21.5. The fourth-order valence-corrected chi connectivity index (χ4v) is 4.29. The van der Waals surface area contributed by atoms with Crippen LogP contribution in [0.25, 0.3) is 0 Å². The Kier molecular flexibility index (Phi) is 8.47. The first kappa shape index (κ1) is 23.0. The molecule has 1 aliphatic rings. The van der Waals surface area contributed by atoms with Gasteiger partial charge < -0.3 is 24.6 Å². The number of hydrogen-bond acceptors (Lipinski definition) is 8. The first-order valence-corrected chi connectivity index (χ1v) is 11.3. The van der Waals surface area contributed by atoms with Crippen molar-refractivity contribution in [3.8, 4) is 11.5 Å². The fourth-order valence-electron chi connectivity index (χ4n) is 3.69. The lowest BCUT2D eigenvalue weighted by molar-refractivity contribution is 0.0335. The first-order chi connectivity index (χ1) is 14.4. The SMILES string of the molecule is COc1ccc(OC[C@H](O)CN2CCC(O)CC2)c(CN(C)Cc2csc(C)n2)c1. The van der Waals surface area contributed by atoms with Gasteiger partial charge in [-0.3, -0.25) is 4.90 Å². The summed E-state index contributed by atoms with van der Waals surface area (Å²) in [6.07, 6.45) is 0.745. The number of nitrogens with zero attached hydrogens (tertiary/aromatic N) is 3. The standard InChI is InChI=1S/C22H33N3O4S/c1-16-23-18(15-30-16)12-24(2)11-17-10-21(28-3)4-5-22(17)29-14-20(27)13-25-8-6-19(26)7-9-25/h4-5,10,15,19-20,26-27H,6-9,11-14H2,1-3H3/t20-/m1/s1. The molecule has 30 heavy (non-hydrogen) atoms. The van der Waals surface area contributed by atoms with Crippen molar-refractivity contribution in [2.24, 2.45) is 0 Å². The molecule has 0 aliphatic carbocycles. The van der Waals surface area contributed by atoms with E-state index in [1.807, 2.05) is 25.1 Å². The Morgan fingerprint density at radius 3 is 2.73 bits per heavy atom. The van der Waals surface area contributed by atoms with Crippen molar-refractivity contribution >= 4 is 11.3 Å². The van der Waals surface area contributed by atoms with E-state index < -0.39 is 6.10 Å². The molecule has 2 aromatic rings. The summed E-state index contributed by atoms with van der Waals surface area (Å²) in [6, 6.07) is 5.76. The summed E-state index contributed by atoms with van der Waals surface area (Å²) in [5.41, 5.74) is 2.07. The minimum absolute atomic E-state index is 0.207. The molecule has 1 atom stereocenters. The van der Waals surface area contributed by atoms with Crippen molar-refractivity contribution in [3.63, 3.8) is 0 Å². The van der Waals surface area contributed by atoms with Gasteiger partial charge in [0, 0.05) is 43.7 Å². The van der Waals surface area contributed by atoms with E-state index in [0.29, 0.717) is 13.1 Å². The van der Waals surface area contributed by atoms with Crippen molar-refractivity contribution in [2.75, 3.05) is 40.4 Å². The van der Waals surface area contributed by atoms with Crippen LogP contribution in [0.4, 0.5) is 0 Å². The quantitative estimate of drug-likeness (QED) is 0.593. The number of aliphatic hydroxyl groups is 2. The minimum Gasteiger partial charge on any atom is -0.497 e. The van der Waals surface area contributed by atoms with Crippen LogP contribution in [0.5, 0.6) is 11.5 Å². The smallest absolute Gasteiger partial charge is 0.124 e. The van der Waals surface area contributed by atoms with E-state index in [4.69, 9.17) is 9.47 Å². The van der Waals surface area contributed by atoms with Gasteiger partial charge in [-0.1, -0.05) is 0 Å². The Morgan fingerprint density at radius 2 is 2.07 bits per heavy atom. The Labute approximate surface area is 182 Å². The van der Waals surface area contributed by atoms with Gasteiger partial charge in [0.15, 0.2) is 0 Å². The number of piperidine rings is 1. The Balaban J connectivity index is 1.57. The van der Waals surface area contributed by atoms with Crippen molar-refractivity contribution in [1.29, 1.82) is 0 Å². The van der Waals surface area contributed by atoms with Crippen LogP contribution in [-0.4, -0.2) is 77.6 Å². The number of likely N-dealkylation sites (tertiary alicyclic amines) is 1. The molecule has 0 bridgehead atoms. The molecule has 3 rings (SSSR count). The van der Waals surface area contributed by atoms with Crippen molar-refractivity contribution in [3.05, 3.63) is 39.8 Å². The maximum atomic E-state index is 10.4. The molecule has 0 amide bonds. The second-order valence-corrected chi connectivity index (χ2v) is 9.06. The Hall–Kier alpha value is -1.71. The lowest BCUT2D eigenvalue weighted by atomic mass is 10.1. The number of methoxy groups -OCH3 is 1. The number of benzene rings is 1. The molecule has 1 aliphatic heterocycles. The molecular weight excluding hydrogens is 402 g/mol. The third kappa shape index (κ3) is 6.92. The molecule has 2 N–H and O–H groups in total. The second kappa shape index (κ2) is 11.1. The molecule has 0 radical (unpaired) electrons. The number of aryl methyl sites for hydroxylation is 1. The van der Waals surface area contributed by atoms with E-state index in [2.05, 4.69) is 27.2 Å². The maximum absolute atomic E-state index is 10.4. The van der Waals surface area contributed by atoms with Gasteiger partial charge in [-0.15, -0.1) is 11.3 Å². The van der Waals surface area contributed by atoms with Gasteiger partial charge in [0.1, 0.15) is 24.2 Å². The van der Waals surface area contributed by atoms with Gasteiger partial charge in [-0.2, -0.15) is 0 Å². The summed E-state index contributed by atoms with van der Waals surface area (Å²) in [6.45, 7) is 5.86. The highest BCUT2D eigenvalue weighted by molar-refractivity contribution is 7.09. The van der Waals surface area contributed by atoms with E-state index in [1.165, 1.54) is 0 Å². The van der Waals surface area contributed by atoms with Crippen LogP contribution in [0.15, 0.2) is 23.6 Å². The topological polar surface area (TPSA) is 78.3 Å². The highest BCUT2D eigenvalue weighted by Gasteiger charge is 2.20. The molecule has 1 aromatic heterocycles. The van der Waals surface area contributed by atoms with E-state index in [0.717, 1.165) is 60.2 Å². The van der Waals surface area contributed by atoms with Crippen LogP contribution in [-0.2, 0) is 13.1 Å². The lowest BCUT2D eigenvalue weighted by Crippen LogP contribution is -2.41. The van der Waals surface area contributed by atoms with E-state index in [-0.39, 0.29) is 12.7 Å². The van der Waals surface area contributed by atoms with Crippen molar-refractivity contribution in [2.45, 2.75) is 45.1 Å². The van der Waals surface area contributed by atoms with Crippen molar-refractivity contribution in [1.82, 2.24) is 14.8 Å². The number of rotatable bonds is 10. The Morgan fingerprint density at radius 1 is 1.30 bits per heavy atom. The van der Waals surface area contributed by atoms with Gasteiger partial charge in [-0.05, 0) is 45.0 Å². The average Bonchev–Trinajstić information content (AvgIpc) is 3.13. The van der Waals surface area contributed by atoms with Gasteiger partial charge in [-0.25, -0.2) is 4.98 Å². The van der Waals surface area contributed by atoms with Crippen LogP contribution >= 0.6 is 11.3 Å². The molecular formula is C22H33N3O4S. The summed E-state index contributed by atoms with van der Waals surface area (Å²) in [7, 11) is 3.71. The van der Waals surface area contributed by atoms with Crippen LogP contribution in [0, 0.1) is 6.92 Å². The molecule has 1 saturated heterocycles. The summed E-state index contributed by atoms with van der Waals surface area (Å²) in [4.78, 5) is 8.90. The summed E-state index contributed by atoms with van der Waals surface area (Å²) < 4.78 is 11.4. The van der Waals surface area contributed by atoms with Crippen molar-refractivity contribution < 1.29 is 19.7 Å². The molecule has 8 heteroatoms. The number of β-amino-alcohol motifs (C(OH)–C–C–N with tert-alkyl or cyclic N) is 1.